The standard InChI is InChI=1S/C17H32N2O2/c1-4-18-17(3,16(20)21-5-2)10-11-19(12-14-6-7-14)13-15-8-9-15/h14-15,18H,4-13H2,1-3H3. The van der Waals surface area contributed by atoms with E-state index in [2.05, 4.69) is 10.2 Å². The van der Waals surface area contributed by atoms with Crippen LogP contribution in [0, 0.1) is 11.8 Å². The predicted molar refractivity (Wildman–Crippen MR) is 85.2 cm³/mol. The molecule has 4 heteroatoms. The minimum atomic E-state index is -0.546. The Morgan fingerprint density at radius 3 is 2.19 bits per heavy atom. The number of esters is 1. The highest BCUT2D eigenvalue weighted by Crippen LogP contribution is 2.34. The number of hydrogen-bond donors (Lipinski definition) is 1. The second-order valence-corrected chi connectivity index (χ2v) is 6.98. The van der Waals surface area contributed by atoms with Gasteiger partial charge in [-0.15, -0.1) is 0 Å². The molecule has 0 spiro atoms. The van der Waals surface area contributed by atoms with Crippen LogP contribution >= 0.6 is 0 Å². The molecule has 2 rings (SSSR count). The molecule has 0 bridgehead atoms. The summed E-state index contributed by atoms with van der Waals surface area (Å²) in [5, 5.41) is 3.34. The lowest BCUT2D eigenvalue weighted by Crippen LogP contribution is -2.52. The summed E-state index contributed by atoms with van der Waals surface area (Å²) >= 11 is 0. The summed E-state index contributed by atoms with van der Waals surface area (Å²) in [6, 6.07) is 0. The Labute approximate surface area is 129 Å². The first-order valence-corrected chi connectivity index (χ1v) is 8.72. The third-order valence-electron chi connectivity index (χ3n) is 4.65. The van der Waals surface area contributed by atoms with Crippen molar-refractivity contribution in [3.8, 4) is 0 Å². The van der Waals surface area contributed by atoms with Gasteiger partial charge in [0.1, 0.15) is 5.54 Å². The summed E-state index contributed by atoms with van der Waals surface area (Å²) < 4.78 is 5.26. The van der Waals surface area contributed by atoms with Crippen LogP contribution in [0.15, 0.2) is 0 Å². The largest absolute Gasteiger partial charge is 0.465 e. The first-order valence-electron chi connectivity index (χ1n) is 8.72. The van der Waals surface area contributed by atoms with Crippen molar-refractivity contribution in [1.82, 2.24) is 10.2 Å². The molecule has 0 heterocycles. The summed E-state index contributed by atoms with van der Waals surface area (Å²) in [6.07, 6.45) is 6.40. The zero-order valence-electron chi connectivity index (χ0n) is 14.0. The van der Waals surface area contributed by atoms with Crippen molar-refractivity contribution in [2.24, 2.45) is 11.8 Å². The van der Waals surface area contributed by atoms with E-state index in [1.807, 2.05) is 20.8 Å². The number of carbonyl (C=O) groups excluding carboxylic acids is 1. The topological polar surface area (TPSA) is 41.6 Å². The SMILES string of the molecule is CCNC(C)(CCN(CC1CC1)CC1CC1)C(=O)OCC. The molecule has 0 amide bonds. The van der Waals surface area contributed by atoms with Crippen LogP contribution < -0.4 is 5.32 Å². The molecule has 122 valence electrons. The maximum atomic E-state index is 12.2. The van der Waals surface area contributed by atoms with Crippen LogP contribution in [0.2, 0.25) is 0 Å². The molecule has 4 nitrogen and oxygen atoms in total. The Hall–Kier alpha value is -0.610. The number of carbonyl (C=O) groups is 1. The van der Waals surface area contributed by atoms with Crippen molar-refractivity contribution in [3.63, 3.8) is 0 Å². The van der Waals surface area contributed by atoms with E-state index in [0.717, 1.165) is 31.3 Å². The average molecular weight is 296 g/mol. The lowest BCUT2D eigenvalue weighted by Gasteiger charge is -2.31. The number of rotatable bonds is 11. The quantitative estimate of drug-likeness (QED) is 0.595. The Morgan fingerprint density at radius 2 is 1.76 bits per heavy atom. The van der Waals surface area contributed by atoms with Gasteiger partial charge < -0.3 is 15.0 Å². The fourth-order valence-electron chi connectivity index (χ4n) is 2.91. The van der Waals surface area contributed by atoms with Crippen molar-refractivity contribution < 1.29 is 9.53 Å². The second kappa shape index (κ2) is 7.59. The monoisotopic (exact) mass is 296 g/mol. The Balaban J connectivity index is 1.85. The van der Waals surface area contributed by atoms with Crippen LogP contribution in [0.5, 0.6) is 0 Å². The van der Waals surface area contributed by atoms with Gasteiger partial charge in [0.2, 0.25) is 0 Å². The highest BCUT2D eigenvalue weighted by atomic mass is 16.5. The molecule has 2 saturated carbocycles. The fourth-order valence-corrected chi connectivity index (χ4v) is 2.91. The van der Waals surface area contributed by atoms with Crippen molar-refractivity contribution >= 4 is 5.97 Å². The van der Waals surface area contributed by atoms with Crippen molar-refractivity contribution in [2.45, 2.75) is 58.4 Å². The Kier molecular flexibility index (Phi) is 6.06. The van der Waals surface area contributed by atoms with E-state index in [1.165, 1.54) is 38.8 Å². The van der Waals surface area contributed by atoms with E-state index in [0.29, 0.717) is 6.61 Å². The molecule has 21 heavy (non-hydrogen) atoms. The number of nitrogens with zero attached hydrogens (tertiary/aromatic N) is 1. The molecular formula is C17H32N2O2. The first kappa shape index (κ1) is 16.8. The number of ether oxygens (including phenoxy) is 1. The maximum Gasteiger partial charge on any atom is 0.326 e. The number of nitrogens with one attached hydrogen (secondary N) is 1. The summed E-state index contributed by atoms with van der Waals surface area (Å²) in [4.78, 5) is 14.8. The lowest BCUT2D eigenvalue weighted by atomic mass is 9.97. The smallest absolute Gasteiger partial charge is 0.326 e. The molecule has 2 aliphatic carbocycles. The van der Waals surface area contributed by atoms with Crippen molar-refractivity contribution in [3.05, 3.63) is 0 Å². The summed E-state index contributed by atoms with van der Waals surface area (Å²) in [5.41, 5.74) is -0.546. The first-order chi connectivity index (χ1) is 10.1. The third-order valence-corrected chi connectivity index (χ3v) is 4.65. The second-order valence-electron chi connectivity index (χ2n) is 6.98. The van der Waals surface area contributed by atoms with Gasteiger partial charge in [-0.3, -0.25) is 4.79 Å². The summed E-state index contributed by atoms with van der Waals surface area (Å²) in [5.74, 6) is 1.72. The van der Waals surface area contributed by atoms with Gasteiger partial charge in [-0.2, -0.15) is 0 Å². The molecule has 1 atom stereocenters. The van der Waals surface area contributed by atoms with Gasteiger partial charge in [-0.1, -0.05) is 6.92 Å². The van der Waals surface area contributed by atoms with Gasteiger partial charge in [0, 0.05) is 19.6 Å². The van der Waals surface area contributed by atoms with E-state index in [1.54, 1.807) is 0 Å². The molecule has 0 aliphatic heterocycles. The van der Waals surface area contributed by atoms with E-state index in [-0.39, 0.29) is 5.97 Å². The molecule has 0 saturated heterocycles. The number of likely N-dealkylation sites (N-methyl/N-ethyl adjacent to an activating group) is 1. The van der Waals surface area contributed by atoms with E-state index in [4.69, 9.17) is 4.74 Å². The van der Waals surface area contributed by atoms with Crippen LogP contribution in [0.1, 0.15) is 52.9 Å². The molecule has 1 unspecified atom stereocenters. The van der Waals surface area contributed by atoms with Gasteiger partial charge in [-0.25, -0.2) is 0 Å². The van der Waals surface area contributed by atoms with Gasteiger partial charge in [0.05, 0.1) is 6.61 Å². The normalized spacial score (nSPS) is 21.3. The Morgan fingerprint density at radius 1 is 1.19 bits per heavy atom. The van der Waals surface area contributed by atoms with Crippen LogP contribution in [0.25, 0.3) is 0 Å². The summed E-state index contributed by atoms with van der Waals surface area (Å²) in [7, 11) is 0. The van der Waals surface area contributed by atoms with Crippen molar-refractivity contribution in [1.29, 1.82) is 0 Å². The van der Waals surface area contributed by atoms with Crippen LogP contribution in [0.4, 0.5) is 0 Å². The molecule has 0 radical (unpaired) electrons. The van der Waals surface area contributed by atoms with Crippen molar-refractivity contribution in [2.75, 3.05) is 32.8 Å². The fraction of sp³-hybridized carbons (Fsp3) is 0.941. The highest BCUT2D eigenvalue weighted by Gasteiger charge is 2.35. The minimum Gasteiger partial charge on any atom is -0.465 e. The highest BCUT2D eigenvalue weighted by molar-refractivity contribution is 5.80. The minimum absolute atomic E-state index is 0.107. The van der Waals surface area contributed by atoms with Gasteiger partial charge in [-0.05, 0) is 64.3 Å². The van der Waals surface area contributed by atoms with E-state index >= 15 is 0 Å². The molecule has 0 aromatic carbocycles. The Bertz CT molecular complexity index is 326. The van der Waals surface area contributed by atoms with E-state index < -0.39 is 5.54 Å². The third kappa shape index (κ3) is 5.59. The molecule has 0 aromatic rings. The van der Waals surface area contributed by atoms with Crippen LogP contribution in [-0.4, -0.2) is 49.2 Å². The number of hydrogen-bond acceptors (Lipinski definition) is 4. The van der Waals surface area contributed by atoms with E-state index in [9.17, 15) is 4.79 Å². The predicted octanol–water partition coefficient (Wildman–Crippen LogP) is 2.43. The average Bonchev–Trinajstić information content (AvgIpc) is 3.32. The molecular weight excluding hydrogens is 264 g/mol. The zero-order valence-corrected chi connectivity index (χ0v) is 14.0. The zero-order chi connectivity index (χ0) is 15.3. The lowest BCUT2D eigenvalue weighted by molar-refractivity contribution is -0.151. The summed E-state index contributed by atoms with van der Waals surface area (Å²) in [6.45, 7) is 10.6. The van der Waals surface area contributed by atoms with Gasteiger partial charge >= 0.3 is 5.97 Å². The molecule has 1 N–H and O–H groups in total. The van der Waals surface area contributed by atoms with Gasteiger partial charge in [0.25, 0.3) is 0 Å². The van der Waals surface area contributed by atoms with Crippen LogP contribution in [-0.2, 0) is 9.53 Å². The van der Waals surface area contributed by atoms with Gasteiger partial charge in [0.15, 0.2) is 0 Å². The van der Waals surface area contributed by atoms with Crippen LogP contribution in [0.3, 0.4) is 0 Å². The molecule has 2 aliphatic rings. The molecule has 0 aromatic heterocycles. The molecule has 2 fully saturated rings. The maximum absolute atomic E-state index is 12.2.